The Balaban J connectivity index is 1.39. The smallest absolute Gasteiger partial charge is 0.0788 e. The van der Waals surface area contributed by atoms with Gasteiger partial charge in [-0.2, -0.15) is 0 Å². The number of para-hydroxylation sites is 3. The fraction of sp³-hybridized carbons (Fsp3) is 0. The van der Waals surface area contributed by atoms with Crippen LogP contribution in [-0.4, -0.2) is 4.98 Å². The second-order valence-electron chi connectivity index (χ2n) is 8.44. The van der Waals surface area contributed by atoms with E-state index in [1.54, 1.807) is 0 Å². The number of hydrogen-bond acceptors (Lipinski definition) is 3. The van der Waals surface area contributed by atoms with E-state index < -0.39 is 0 Å². The van der Waals surface area contributed by atoms with E-state index in [0.717, 1.165) is 22.5 Å². The van der Waals surface area contributed by atoms with Gasteiger partial charge in [-0.15, -0.1) is 0 Å². The lowest BCUT2D eigenvalue weighted by Crippen LogP contribution is -2.14. The highest BCUT2D eigenvalue weighted by Gasteiger charge is 2.24. The average molecular weight is 453 g/mol. The number of hydrogen-bond donors (Lipinski definition) is 0. The molecule has 7 rings (SSSR count). The highest BCUT2D eigenvalue weighted by molar-refractivity contribution is 7.99. The minimum atomic E-state index is 1.02. The maximum atomic E-state index is 5.07. The third-order valence-electron chi connectivity index (χ3n) is 6.44. The Morgan fingerprint density at radius 3 is 1.76 bits per heavy atom. The molecule has 0 fully saturated rings. The lowest BCUT2D eigenvalue weighted by Gasteiger charge is -2.32. The molecular formula is C31H20N2S. The van der Waals surface area contributed by atoms with E-state index in [1.807, 2.05) is 11.8 Å². The number of benzene rings is 5. The summed E-state index contributed by atoms with van der Waals surface area (Å²) in [5.41, 5.74) is 6.75. The van der Waals surface area contributed by atoms with Gasteiger partial charge in [0.15, 0.2) is 0 Å². The van der Waals surface area contributed by atoms with Crippen molar-refractivity contribution in [1.29, 1.82) is 0 Å². The van der Waals surface area contributed by atoms with Crippen LogP contribution in [0.15, 0.2) is 131 Å². The molecule has 5 aromatic carbocycles. The first-order valence-corrected chi connectivity index (χ1v) is 12.2. The predicted octanol–water partition coefficient (Wildman–Crippen LogP) is 8.99. The molecule has 0 bridgehead atoms. The molecule has 0 radical (unpaired) electrons. The van der Waals surface area contributed by atoms with Gasteiger partial charge in [0.05, 0.1) is 22.6 Å². The molecule has 1 aromatic heterocycles. The Kier molecular flexibility index (Phi) is 4.42. The van der Waals surface area contributed by atoms with Crippen LogP contribution in [0.5, 0.6) is 0 Å². The predicted molar refractivity (Wildman–Crippen MR) is 143 cm³/mol. The number of rotatable bonds is 2. The molecule has 3 heteroatoms. The van der Waals surface area contributed by atoms with Crippen molar-refractivity contribution in [2.45, 2.75) is 9.79 Å². The van der Waals surface area contributed by atoms with Gasteiger partial charge in [-0.25, -0.2) is 4.98 Å². The first-order valence-electron chi connectivity index (χ1n) is 11.4. The molecule has 1 aliphatic rings. The number of aromatic nitrogens is 1. The normalized spacial score (nSPS) is 12.5. The van der Waals surface area contributed by atoms with Crippen LogP contribution in [0.4, 0.5) is 17.1 Å². The summed E-state index contributed by atoms with van der Waals surface area (Å²) in [4.78, 5) is 9.97. The Morgan fingerprint density at radius 2 is 1.06 bits per heavy atom. The molecule has 0 aliphatic carbocycles. The quantitative estimate of drug-likeness (QED) is 0.243. The van der Waals surface area contributed by atoms with E-state index in [2.05, 4.69) is 126 Å². The maximum absolute atomic E-state index is 5.07. The number of pyridine rings is 1. The maximum Gasteiger partial charge on any atom is 0.0788 e. The van der Waals surface area contributed by atoms with Gasteiger partial charge in [0, 0.05) is 31.8 Å². The molecule has 0 saturated heterocycles. The van der Waals surface area contributed by atoms with Crippen molar-refractivity contribution in [3.63, 3.8) is 0 Å². The van der Waals surface area contributed by atoms with Crippen molar-refractivity contribution in [3.05, 3.63) is 121 Å². The SMILES string of the molecule is c1ccc2c(c1)Sc1ccccc1N2c1ccc(-c2nc3ccccc3c3ccccc23)cc1. The monoisotopic (exact) mass is 452 g/mol. The summed E-state index contributed by atoms with van der Waals surface area (Å²) < 4.78 is 0. The van der Waals surface area contributed by atoms with Crippen LogP contribution in [0.1, 0.15) is 0 Å². The zero-order valence-corrected chi connectivity index (χ0v) is 19.2. The number of fused-ring (bicyclic) bond motifs is 5. The molecule has 2 nitrogen and oxygen atoms in total. The van der Waals surface area contributed by atoms with Gasteiger partial charge in [-0.1, -0.05) is 90.6 Å². The van der Waals surface area contributed by atoms with Gasteiger partial charge in [0.2, 0.25) is 0 Å². The number of anilines is 3. The largest absolute Gasteiger partial charge is 0.308 e. The van der Waals surface area contributed by atoms with Gasteiger partial charge in [0.25, 0.3) is 0 Å². The Labute approximate surface area is 202 Å². The molecule has 1 aliphatic heterocycles. The third-order valence-corrected chi connectivity index (χ3v) is 7.57. The first-order chi connectivity index (χ1) is 16.9. The van der Waals surface area contributed by atoms with Crippen LogP contribution in [0.25, 0.3) is 32.9 Å². The summed E-state index contributed by atoms with van der Waals surface area (Å²) in [5.74, 6) is 0. The Hall–Kier alpha value is -4.08. The molecule has 0 spiro atoms. The molecular weight excluding hydrogens is 432 g/mol. The molecule has 6 aromatic rings. The summed E-state index contributed by atoms with van der Waals surface area (Å²) in [6.45, 7) is 0. The van der Waals surface area contributed by atoms with E-state index in [-0.39, 0.29) is 0 Å². The summed E-state index contributed by atoms with van der Waals surface area (Å²) >= 11 is 1.83. The van der Waals surface area contributed by atoms with Gasteiger partial charge in [0.1, 0.15) is 0 Å². The van der Waals surface area contributed by atoms with E-state index in [4.69, 9.17) is 4.98 Å². The van der Waals surface area contributed by atoms with Crippen molar-refractivity contribution < 1.29 is 0 Å². The minimum absolute atomic E-state index is 1.02. The summed E-state index contributed by atoms with van der Waals surface area (Å²) in [5, 5.41) is 3.61. The molecule has 0 N–H and O–H groups in total. The lowest BCUT2D eigenvalue weighted by atomic mass is 10.00. The highest BCUT2D eigenvalue weighted by Crippen LogP contribution is 2.51. The van der Waals surface area contributed by atoms with Gasteiger partial charge < -0.3 is 4.90 Å². The summed E-state index contributed by atoms with van der Waals surface area (Å²) in [6.07, 6.45) is 0. The van der Waals surface area contributed by atoms with Crippen molar-refractivity contribution >= 4 is 50.5 Å². The second kappa shape index (κ2) is 7.75. The van der Waals surface area contributed by atoms with Gasteiger partial charge in [-0.3, -0.25) is 0 Å². The Morgan fingerprint density at radius 1 is 0.500 bits per heavy atom. The minimum Gasteiger partial charge on any atom is -0.308 e. The van der Waals surface area contributed by atoms with Gasteiger partial charge >= 0.3 is 0 Å². The van der Waals surface area contributed by atoms with Gasteiger partial charge in [-0.05, 0) is 47.9 Å². The average Bonchev–Trinajstić information content (AvgIpc) is 2.91. The Bertz CT molecular complexity index is 1640. The highest BCUT2D eigenvalue weighted by atomic mass is 32.2. The van der Waals surface area contributed by atoms with E-state index in [9.17, 15) is 0 Å². The van der Waals surface area contributed by atoms with Crippen molar-refractivity contribution in [2.24, 2.45) is 0 Å². The van der Waals surface area contributed by atoms with Crippen LogP contribution in [-0.2, 0) is 0 Å². The summed E-state index contributed by atoms with van der Waals surface area (Å²) in [6, 6.07) is 43.0. The lowest BCUT2D eigenvalue weighted by molar-refractivity contribution is 1.17. The molecule has 2 heterocycles. The van der Waals surface area contributed by atoms with E-state index in [1.165, 1.54) is 37.3 Å². The standard InChI is InChI=1S/C31H20N2S/c1-2-11-25-23(9-1)24-10-3-4-12-26(24)32-31(25)21-17-19-22(20-18-21)33-27-13-5-7-15-29(27)34-30-16-8-6-14-28(30)33/h1-20H. The van der Waals surface area contributed by atoms with Crippen LogP contribution in [0, 0.1) is 0 Å². The third kappa shape index (κ3) is 3.01. The molecule has 0 saturated carbocycles. The molecule has 160 valence electrons. The number of nitrogens with zero attached hydrogens (tertiary/aromatic N) is 2. The van der Waals surface area contributed by atoms with Crippen LogP contribution < -0.4 is 4.90 Å². The topological polar surface area (TPSA) is 16.1 Å². The summed E-state index contributed by atoms with van der Waals surface area (Å²) in [7, 11) is 0. The van der Waals surface area contributed by atoms with Crippen molar-refractivity contribution in [3.8, 4) is 11.3 Å². The first kappa shape index (κ1) is 19.4. The zero-order valence-electron chi connectivity index (χ0n) is 18.3. The fourth-order valence-electron chi connectivity index (χ4n) is 4.88. The molecule has 0 unspecified atom stereocenters. The van der Waals surface area contributed by atoms with Crippen LogP contribution in [0.3, 0.4) is 0 Å². The molecule has 0 atom stereocenters. The molecule has 34 heavy (non-hydrogen) atoms. The van der Waals surface area contributed by atoms with E-state index >= 15 is 0 Å². The van der Waals surface area contributed by atoms with Crippen LogP contribution >= 0.6 is 11.8 Å². The van der Waals surface area contributed by atoms with Crippen LogP contribution in [0.2, 0.25) is 0 Å². The van der Waals surface area contributed by atoms with E-state index in [0.29, 0.717) is 0 Å². The second-order valence-corrected chi connectivity index (χ2v) is 9.53. The van der Waals surface area contributed by atoms with Crippen molar-refractivity contribution in [2.75, 3.05) is 4.90 Å². The zero-order chi connectivity index (χ0) is 22.5. The fourth-order valence-corrected chi connectivity index (χ4v) is 5.93. The van der Waals surface area contributed by atoms with Crippen molar-refractivity contribution in [1.82, 2.24) is 4.98 Å². The molecule has 0 amide bonds.